The molecule has 2 aromatic carbocycles. The number of aryl methyl sites for hydroxylation is 3. The summed E-state index contributed by atoms with van der Waals surface area (Å²) in [5.74, 6) is 0. The van der Waals surface area contributed by atoms with Crippen LogP contribution < -0.4 is 5.32 Å². The van der Waals surface area contributed by atoms with Crippen molar-refractivity contribution in [3.05, 3.63) is 68.8 Å². The molecule has 1 unspecified atom stereocenters. The van der Waals surface area contributed by atoms with Crippen molar-refractivity contribution in [2.45, 2.75) is 33.7 Å². The van der Waals surface area contributed by atoms with Crippen LogP contribution in [0.5, 0.6) is 0 Å². The van der Waals surface area contributed by atoms with Gasteiger partial charge in [0.2, 0.25) is 0 Å². The van der Waals surface area contributed by atoms with E-state index in [4.69, 9.17) is 0 Å². The lowest BCUT2D eigenvalue weighted by Gasteiger charge is -2.17. The molecule has 21 heavy (non-hydrogen) atoms. The van der Waals surface area contributed by atoms with Crippen molar-refractivity contribution < 1.29 is 4.92 Å². The predicted molar refractivity (Wildman–Crippen MR) is 85.8 cm³/mol. The summed E-state index contributed by atoms with van der Waals surface area (Å²) < 4.78 is 0. The molecule has 0 spiro atoms. The van der Waals surface area contributed by atoms with Gasteiger partial charge in [0.25, 0.3) is 5.69 Å². The Kier molecular flexibility index (Phi) is 4.26. The third-order valence-electron chi connectivity index (χ3n) is 3.82. The summed E-state index contributed by atoms with van der Waals surface area (Å²) in [6, 6.07) is 11.7. The van der Waals surface area contributed by atoms with Crippen LogP contribution in [0.25, 0.3) is 0 Å². The molecule has 110 valence electrons. The molecule has 0 heterocycles. The van der Waals surface area contributed by atoms with Crippen molar-refractivity contribution in [1.82, 2.24) is 0 Å². The van der Waals surface area contributed by atoms with E-state index >= 15 is 0 Å². The Labute approximate surface area is 125 Å². The van der Waals surface area contributed by atoms with Crippen molar-refractivity contribution in [2.75, 3.05) is 5.32 Å². The van der Waals surface area contributed by atoms with E-state index in [2.05, 4.69) is 44.3 Å². The molecule has 0 saturated carbocycles. The molecule has 1 atom stereocenters. The molecule has 0 saturated heterocycles. The average molecular weight is 284 g/mol. The number of benzene rings is 2. The van der Waals surface area contributed by atoms with Crippen LogP contribution in [-0.4, -0.2) is 4.92 Å². The van der Waals surface area contributed by atoms with Crippen LogP contribution in [0.15, 0.2) is 36.4 Å². The molecule has 2 rings (SSSR count). The van der Waals surface area contributed by atoms with E-state index in [0.29, 0.717) is 5.56 Å². The summed E-state index contributed by atoms with van der Waals surface area (Å²) in [7, 11) is 0. The molecule has 0 bridgehead atoms. The lowest BCUT2D eigenvalue weighted by molar-refractivity contribution is -0.385. The quantitative estimate of drug-likeness (QED) is 0.654. The van der Waals surface area contributed by atoms with Crippen LogP contribution in [0.2, 0.25) is 0 Å². The molecule has 0 aliphatic heterocycles. The topological polar surface area (TPSA) is 55.2 Å². The molecule has 1 N–H and O–H groups in total. The van der Waals surface area contributed by atoms with Crippen LogP contribution in [0, 0.1) is 30.9 Å². The number of nitrogens with zero attached hydrogens (tertiary/aromatic N) is 1. The van der Waals surface area contributed by atoms with E-state index in [0.717, 1.165) is 5.69 Å². The van der Waals surface area contributed by atoms with Crippen LogP contribution in [0.3, 0.4) is 0 Å². The molecule has 2 aromatic rings. The first-order chi connectivity index (χ1) is 9.88. The molecule has 0 amide bonds. The molecular formula is C17H20N2O2. The second-order valence-corrected chi connectivity index (χ2v) is 5.47. The van der Waals surface area contributed by atoms with E-state index in [1.807, 2.05) is 6.07 Å². The summed E-state index contributed by atoms with van der Waals surface area (Å²) in [6.45, 7) is 7.97. The van der Waals surface area contributed by atoms with Gasteiger partial charge in [-0.05, 0) is 50.5 Å². The first kappa shape index (κ1) is 15.0. The predicted octanol–water partition coefficient (Wildman–Crippen LogP) is 4.69. The highest BCUT2D eigenvalue weighted by molar-refractivity contribution is 5.56. The lowest BCUT2D eigenvalue weighted by Crippen LogP contribution is -2.07. The van der Waals surface area contributed by atoms with Crippen molar-refractivity contribution >= 4 is 11.4 Å². The largest absolute Gasteiger partial charge is 0.378 e. The van der Waals surface area contributed by atoms with E-state index in [-0.39, 0.29) is 16.7 Å². The maximum atomic E-state index is 11.0. The highest BCUT2D eigenvalue weighted by Gasteiger charge is 2.13. The molecule has 0 radical (unpaired) electrons. The van der Waals surface area contributed by atoms with Crippen molar-refractivity contribution in [1.29, 1.82) is 0 Å². The zero-order chi connectivity index (χ0) is 15.6. The Bertz CT molecular complexity index is 680. The van der Waals surface area contributed by atoms with E-state index in [1.54, 1.807) is 19.1 Å². The summed E-state index contributed by atoms with van der Waals surface area (Å²) in [5.41, 5.74) is 5.25. The van der Waals surface area contributed by atoms with Crippen LogP contribution in [0.1, 0.15) is 35.2 Å². The minimum Gasteiger partial charge on any atom is -0.378 e. The van der Waals surface area contributed by atoms with E-state index in [1.165, 1.54) is 16.7 Å². The highest BCUT2D eigenvalue weighted by Crippen LogP contribution is 2.26. The zero-order valence-corrected chi connectivity index (χ0v) is 12.8. The van der Waals surface area contributed by atoms with Crippen molar-refractivity contribution in [3.63, 3.8) is 0 Å². The summed E-state index contributed by atoms with van der Waals surface area (Å²) in [5, 5.41) is 14.3. The fourth-order valence-electron chi connectivity index (χ4n) is 2.26. The number of nitro benzene ring substituents is 1. The number of anilines is 1. The molecule has 0 fully saturated rings. The van der Waals surface area contributed by atoms with Gasteiger partial charge in [-0.3, -0.25) is 10.1 Å². The minimum atomic E-state index is -0.346. The molecule has 0 aliphatic rings. The Morgan fingerprint density at radius 1 is 1.00 bits per heavy atom. The van der Waals surface area contributed by atoms with Gasteiger partial charge >= 0.3 is 0 Å². The normalized spacial score (nSPS) is 12.0. The van der Waals surface area contributed by atoms with Crippen LogP contribution in [0.4, 0.5) is 11.4 Å². The van der Waals surface area contributed by atoms with Gasteiger partial charge in [-0.1, -0.05) is 24.3 Å². The molecular weight excluding hydrogens is 264 g/mol. The molecule has 0 aromatic heterocycles. The number of hydrogen-bond donors (Lipinski definition) is 1. The fourth-order valence-corrected chi connectivity index (χ4v) is 2.26. The van der Waals surface area contributed by atoms with Gasteiger partial charge < -0.3 is 5.32 Å². The zero-order valence-electron chi connectivity index (χ0n) is 12.8. The third-order valence-corrected chi connectivity index (χ3v) is 3.82. The Morgan fingerprint density at radius 2 is 1.67 bits per heavy atom. The smallest absolute Gasteiger partial charge is 0.274 e. The standard InChI is InChI=1S/C17H20N2O2/c1-11-5-7-15(9-13(11)3)14(4)18-16-8-6-12(2)17(10-16)19(20)21/h5-10,14,18H,1-4H3. The van der Waals surface area contributed by atoms with Crippen molar-refractivity contribution in [2.24, 2.45) is 0 Å². The van der Waals surface area contributed by atoms with Crippen LogP contribution >= 0.6 is 0 Å². The van der Waals surface area contributed by atoms with Gasteiger partial charge in [-0.2, -0.15) is 0 Å². The molecule has 0 aliphatic carbocycles. The highest BCUT2D eigenvalue weighted by atomic mass is 16.6. The molecule has 4 heteroatoms. The van der Waals surface area contributed by atoms with Gasteiger partial charge in [0.1, 0.15) is 0 Å². The number of nitrogens with one attached hydrogen (secondary N) is 1. The fraction of sp³-hybridized carbons (Fsp3) is 0.294. The first-order valence-corrected chi connectivity index (χ1v) is 6.97. The first-order valence-electron chi connectivity index (χ1n) is 6.97. The van der Waals surface area contributed by atoms with Gasteiger partial charge in [0.15, 0.2) is 0 Å². The number of hydrogen-bond acceptors (Lipinski definition) is 3. The summed E-state index contributed by atoms with van der Waals surface area (Å²) >= 11 is 0. The number of rotatable bonds is 4. The maximum Gasteiger partial charge on any atom is 0.274 e. The third kappa shape index (κ3) is 3.40. The number of nitro groups is 1. The summed E-state index contributed by atoms with van der Waals surface area (Å²) in [4.78, 5) is 10.6. The second kappa shape index (κ2) is 5.95. The van der Waals surface area contributed by atoms with Gasteiger partial charge in [-0.25, -0.2) is 0 Å². The van der Waals surface area contributed by atoms with E-state index in [9.17, 15) is 10.1 Å². The summed E-state index contributed by atoms with van der Waals surface area (Å²) in [6.07, 6.45) is 0. The van der Waals surface area contributed by atoms with Crippen LogP contribution in [-0.2, 0) is 0 Å². The van der Waals surface area contributed by atoms with Gasteiger partial charge in [0, 0.05) is 23.4 Å². The Morgan fingerprint density at radius 3 is 2.29 bits per heavy atom. The van der Waals surface area contributed by atoms with Gasteiger partial charge in [-0.15, -0.1) is 0 Å². The molecule has 4 nitrogen and oxygen atoms in total. The second-order valence-electron chi connectivity index (χ2n) is 5.47. The van der Waals surface area contributed by atoms with Crippen molar-refractivity contribution in [3.8, 4) is 0 Å². The maximum absolute atomic E-state index is 11.0. The van der Waals surface area contributed by atoms with E-state index < -0.39 is 0 Å². The van der Waals surface area contributed by atoms with Gasteiger partial charge in [0.05, 0.1) is 4.92 Å². The Balaban J connectivity index is 2.23. The average Bonchev–Trinajstić information content (AvgIpc) is 2.43. The monoisotopic (exact) mass is 284 g/mol. The Hall–Kier alpha value is -2.36. The SMILES string of the molecule is Cc1ccc(C(C)Nc2ccc(C)c([N+](=O)[O-])c2)cc1C. The minimum absolute atomic E-state index is 0.0895. The lowest BCUT2D eigenvalue weighted by atomic mass is 10.0.